The highest BCUT2D eigenvalue weighted by Gasteiger charge is 2.33. The summed E-state index contributed by atoms with van der Waals surface area (Å²) in [6.07, 6.45) is -2.75. The third-order valence-electron chi connectivity index (χ3n) is 4.71. The Morgan fingerprint density at radius 1 is 1.03 bits per heavy atom. The Morgan fingerprint density at radius 2 is 1.79 bits per heavy atom. The molecule has 0 spiro atoms. The maximum Gasteiger partial charge on any atom is 0.435 e. The van der Waals surface area contributed by atoms with E-state index in [9.17, 15) is 22.8 Å². The van der Waals surface area contributed by atoms with Gasteiger partial charge in [0.05, 0.1) is 0 Å². The lowest BCUT2D eigenvalue weighted by molar-refractivity contribution is -0.145. The molecule has 0 amide bonds. The molecule has 2 aromatic carbocycles. The van der Waals surface area contributed by atoms with Gasteiger partial charge < -0.3 is 4.74 Å². The molecule has 1 aromatic heterocycles. The predicted molar refractivity (Wildman–Crippen MR) is 97.2 cm³/mol. The van der Waals surface area contributed by atoms with Gasteiger partial charge in [-0.05, 0) is 40.8 Å². The summed E-state index contributed by atoms with van der Waals surface area (Å²) in [5, 5.41) is 3.27. The lowest BCUT2D eigenvalue weighted by atomic mass is 10.0. The highest BCUT2D eigenvalue weighted by Crippen LogP contribution is 2.36. The molecule has 3 aromatic rings. The van der Waals surface area contributed by atoms with Crippen LogP contribution in [0.15, 0.2) is 54.7 Å². The first-order chi connectivity index (χ1) is 13.8. The zero-order valence-corrected chi connectivity index (χ0v) is 15.1. The number of Topliss-reactive ketones (excluding diaryl/α,β-unsaturated/α-hetero) is 1. The Balaban J connectivity index is 1.38. The second-order valence-electron chi connectivity index (χ2n) is 6.69. The summed E-state index contributed by atoms with van der Waals surface area (Å²) in [7, 11) is 0. The number of carbonyl (C=O) groups is 2. The smallest absolute Gasteiger partial charge is 0.435 e. The number of benzene rings is 2. The molecule has 1 aliphatic rings. The topological polar surface area (TPSA) is 61.2 Å². The van der Waals surface area contributed by atoms with E-state index in [-0.39, 0.29) is 5.78 Å². The number of carbonyl (C=O) groups excluding carboxylic acids is 2. The Hall–Kier alpha value is -3.42. The summed E-state index contributed by atoms with van der Waals surface area (Å²) in [6, 6.07) is 14.0. The van der Waals surface area contributed by atoms with Crippen LogP contribution in [0.25, 0.3) is 11.1 Å². The van der Waals surface area contributed by atoms with Crippen molar-refractivity contribution in [1.29, 1.82) is 0 Å². The molecule has 0 N–H and O–H groups in total. The SMILES string of the molecule is O=C(Cn1ccc(C(F)(F)F)n1)OCC(=O)c1ccc2c(c1)-c1ccccc1C2. The molecule has 29 heavy (non-hydrogen) atoms. The minimum atomic E-state index is -4.59. The fourth-order valence-electron chi connectivity index (χ4n) is 3.31. The van der Waals surface area contributed by atoms with Crippen molar-refractivity contribution in [1.82, 2.24) is 9.78 Å². The normalized spacial score (nSPS) is 12.4. The molecule has 1 heterocycles. The molecule has 0 bridgehead atoms. The minimum absolute atomic E-state index is 0.387. The van der Waals surface area contributed by atoms with Gasteiger partial charge in [-0.2, -0.15) is 18.3 Å². The average Bonchev–Trinajstić information content (AvgIpc) is 3.30. The molecule has 0 radical (unpaired) electrons. The average molecular weight is 400 g/mol. The first kappa shape index (κ1) is 18.9. The van der Waals surface area contributed by atoms with Gasteiger partial charge in [-0.3, -0.25) is 14.3 Å². The van der Waals surface area contributed by atoms with Gasteiger partial charge in [-0.1, -0.05) is 36.4 Å². The number of ether oxygens (including phenoxy) is 1. The summed E-state index contributed by atoms with van der Waals surface area (Å²) in [5.74, 6) is -1.23. The Labute approximate surface area is 163 Å². The van der Waals surface area contributed by atoms with E-state index in [0.29, 0.717) is 5.56 Å². The minimum Gasteiger partial charge on any atom is -0.456 e. The number of hydrogen-bond acceptors (Lipinski definition) is 4. The molecule has 0 aliphatic heterocycles. The van der Waals surface area contributed by atoms with Gasteiger partial charge in [0.1, 0.15) is 6.54 Å². The number of nitrogens with zero attached hydrogens (tertiary/aromatic N) is 2. The molecule has 0 unspecified atom stereocenters. The number of alkyl halides is 3. The van der Waals surface area contributed by atoms with E-state index in [2.05, 4.69) is 5.10 Å². The number of halogens is 3. The van der Waals surface area contributed by atoms with Crippen LogP contribution >= 0.6 is 0 Å². The maximum atomic E-state index is 12.5. The molecule has 5 nitrogen and oxygen atoms in total. The summed E-state index contributed by atoms with van der Waals surface area (Å²) in [6.45, 7) is -1.01. The van der Waals surface area contributed by atoms with E-state index in [0.717, 1.165) is 40.1 Å². The van der Waals surface area contributed by atoms with Gasteiger partial charge in [0.2, 0.25) is 0 Å². The largest absolute Gasteiger partial charge is 0.456 e. The Bertz CT molecular complexity index is 1100. The van der Waals surface area contributed by atoms with Crippen LogP contribution in [0.5, 0.6) is 0 Å². The number of ketones is 1. The predicted octanol–water partition coefficient (Wildman–Crippen LogP) is 3.90. The highest BCUT2D eigenvalue weighted by molar-refractivity contribution is 5.99. The number of fused-ring (bicyclic) bond motifs is 3. The van der Waals surface area contributed by atoms with Crippen molar-refractivity contribution in [3.63, 3.8) is 0 Å². The van der Waals surface area contributed by atoms with Crippen LogP contribution in [0.2, 0.25) is 0 Å². The van der Waals surface area contributed by atoms with Crippen LogP contribution in [0.1, 0.15) is 27.2 Å². The molecule has 0 atom stereocenters. The van der Waals surface area contributed by atoms with Crippen LogP contribution in [0, 0.1) is 0 Å². The van der Waals surface area contributed by atoms with Crippen molar-refractivity contribution in [2.45, 2.75) is 19.1 Å². The summed E-state index contributed by atoms with van der Waals surface area (Å²) in [4.78, 5) is 24.2. The zero-order valence-electron chi connectivity index (χ0n) is 15.1. The van der Waals surface area contributed by atoms with Crippen LogP contribution in [0.4, 0.5) is 13.2 Å². The lowest BCUT2D eigenvalue weighted by Gasteiger charge is -2.07. The monoisotopic (exact) mass is 400 g/mol. The standard InChI is InChI=1S/C21H15F3N2O3/c22-21(23,24)19-7-8-26(25-19)11-20(28)29-12-18(27)15-6-5-14-9-13-3-1-2-4-16(13)17(14)10-15/h1-8,10H,9,11-12H2. The van der Waals surface area contributed by atoms with Crippen LogP contribution in [-0.2, 0) is 28.7 Å². The molecule has 148 valence electrons. The van der Waals surface area contributed by atoms with Gasteiger partial charge in [-0.25, -0.2) is 0 Å². The van der Waals surface area contributed by atoms with E-state index >= 15 is 0 Å². The van der Waals surface area contributed by atoms with Crippen molar-refractivity contribution in [2.75, 3.05) is 6.61 Å². The van der Waals surface area contributed by atoms with Crippen LogP contribution < -0.4 is 0 Å². The van der Waals surface area contributed by atoms with E-state index < -0.39 is 31.0 Å². The van der Waals surface area contributed by atoms with Gasteiger partial charge in [-0.15, -0.1) is 0 Å². The van der Waals surface area contributed by atoms with E-state index in [1.54, 1.807) is 12.1 Å². The molecular weight excluding hydrogens is 385 g/mol. The second-order valence-corrected chi connectivity index (χ2v) is 6.69. The number of esters is 1. The number of aromatic nitrogens is 2. The first-order valence-electron chi connectivity index (χ1n) is 8.82. The van der Waals surface area contributed by atoms with Gasteiger partial charge >= 0.3 is 12.1 Å². The van der Waals surface area contributed by atoms with Crippen molar-refractivity contribution >= 4 is 11.8 Å². The van der Waals surface area contributed by atoms with Gasteiger partial charge in [0.15, 0.2) is 18.1 Å². The van der Waals surface area contributed by atoms with Crippen LogP contribution in [-0.4, -0.2) is 28.1 Å². The number of hydrogen-bond donors (Lipinski definition) is 0. The lowest BCUT2D eigenvalue weighted by Crippen LogP contribution is -2.19. The van der Waals surface area contributed by atoms with Gasteiger partial charge in [0.25, 0.3) is 0 Å². The fourth-order valence-corrected chi connectivity index (χ4v) is 3.31. The van der Waals surface area contributed by atoms with E-state index in [1.165, 1.54) is 5.56 Å². The van der Waals surface area contributed by atoms with E-state index in [4.69, 9.17) is 4.74 Å². The zero-order chi connectivity index (χ0) is 20.6. The Kier molecular flexibility index (Phi) is 4.70. The van der Waals surface area contributed by atoms with Crippen LogP contribution in [0.3, 0.4) is 0 Å². The molecule has 4 rings (SSSR count). The van der Waals surface area contributed by atoms with Crippen molar-refractivity contribution in [3.05, 3.63) is 77.1 Å². The second kappa shape index (κ2) is 7.20. The quantitative estimate of drug-likeness (QED) is 0.377. The van der Waals surface area contributed by atoms with Crippen molar-refractivity contribution < 1.29 is 27.5 Å². The first-order valence-corrected chi connectivity index (χ1v) is 8.82. The molecule has 0 saturated heterocycles. The summed E-state index contributed by atoms with van der Waals surface area (Å²) < 4.78 is 43.3. The molecular formula is C21H15F3N2O3. The number of rotatable bonds is 5. The van der Waals surface area contributed by atoms with Crippen molar-refractivity contribution in [2.24, 2.45) is 0 Å². The maximum absolute atomic E-state index is 12.5. The molecule has 8 heteroatoms. The summed E-state index contributed by atoms with van der Waals surface area (Å²) >= 11 is 0. The molecule has 0 fully saturated rings. The fraction of sp³-hybridized carbons (Fsp3) is 0.190. The summed E-state index contributed by atoms with van der Waals surface area (Å²) in [5.41, 5.74) is 3.68. The van der Waals surface area contributed by atoms with Crippen molar-refractivity contribution in [3.8, 4) is 11.1 Å². The molecule has 0 saturated carbocycles. The Morgan fingerprint density at radius 3 is 2.55 bits per heavy atom. The van der Waals surface area contributed by atoms with Gasteiger partial charge in [0, 0.05) is 11.8 Å². The third kappa shape index (κ3) is 3.91. The molecule has 1 aliphatic carbocycles. The highest BCUT2D eigenvalue weighted by atomic mass is 19.4. The van der Waals surface area contributed by atoms with E-state index in [1.807, 2.05) is 30.3 Å². The third-order valence-corrected chi connectivity index (χ3v) is 4.71.